The molecule has 0 atom stereocenters. The highest BCUT2D eigenvalue weighted by atomic mass is 79.9. The van der Waals surface area contributed by atoms with Gasteiger partial charge in [0.1, 0.15) is 5.75 Å². The number of amides is 1. The Bertz CT molecular complexity index is 330. The first-order chi connectivity index (χ1) is 6.13. The first-order valence-corrected chi connectivity index (χ1v) is 4.97. The van der Waals surface area contributed by atoms with Gasteiger partial charge in [0.05, 0.1) is 11.0 Å². The van der Waals surface area contributed by atoms with Gasteiger partial charge in [-0.1, -0.05) is 27.5 Å². The van der Waals surface area contributed by atoms with Crippen LogP contribution in [0.4, 0.5) is 5.69 Å². The summed E-state index contributed by atoms with van der Waals surface area (Å²) in [5.74, 6) is -0.240. The number of hydrogen-bond acceptors (Lipinski definition) is 2. The molecule has 1 aromatic rings. The monoisotopic (exact) mass is 263 g/mol. The fourth-order valence-electron chi connectivity index (χ4n) is 0.792. The van der Waals surface area contributed by atoms with Crippen molar-refractivity contribution in [3.63, 3.8) is 0 Å². The molecular weight excluding hydrogens is 257 g/mol. The third kappa shape index (κ3) is 2.90. The molecular formula is C8H7BrClNO2. The highest BCUT2D eigenvalue weighted by molar-refractivity contribution is 9.09. The van der Waals surface area contributed by atoms with Crippen molar-refractivity contribution in [3.8, 4) is 5.75 Å². The predicted octanol–water partition coefficient (Wildman–Crippen LogP) is 2.38. The summed E-state index contributed by atoms with van der Waals surface area (Å²) in [4.78, 5) is 10.9. The van der Waals surface area contributed by atoms with Crippen molar-refractivity contribution in [3.05, 3.63) is 23.2 Å². The fourth-order valence-corrected chi connectivity index (χ4v) is 1.10. The summed E-state index contributed by atoms with van der Waals surface area (Å²) in [5, 5.41) is 12.4. The first kappa shape index (κ1) is 10.3. The minimum atomic E-state index is -0.238. The van der Waals surface area contributed by atoms with Crippen molar-refractivity contribution in [2.45, 2.75) is 0 Å². The molecule has 0 unspecified atom stereocenters. The molecule has 1 aromatic carbocycles. The van der Waals surface area contributed by atoms with Crippen LogP contribution in [0.5, 0.6) is 5.75 Å². The van der Waals surface area contributed by atoms with Crippen LogP contribution in [0.3, 0.4) is 0 Å². The lowest BCUT2D eigenvalue weighted by Gasteiger charge is -2.05. The Morgan fingerprint density at radius 3 is 2.92 bits per heavy atom. The zero-order chi connectivity index (χ0) is 9.84. The molecule has 0 spiro atoms. The molecule has 5 heteroatoms. The summed E-state index contributed by atoms with van der Waals surface area (Å²) in [6, 6.07) is 4.45. The van der Waals surface area contributed by atoms with Gasteiger partial charge >= 0.3 is 0 Å². The van der Waals surface area contributed by atoms with Gasteiger partial charge < -0.3 is 10.4 Å². The molecule has 0 aliphatic heterocycles. The molecule has 0 fully saturated rings. The molecule has 0 bridgehead atoms. The lowest BCUT2D eigenvalue weighted by molar-refractivity contribution is -0.113. The minimum absolute atomic E-state index is 0.00120. The lowest BCUT2D eigenvalue weighted by atomic mass is 10.3. The number of anilines is 1. The standard InChI is InChI=1S/C8H7BrClNO2/c9-4-8(13)11-6-3-5(10)1-2-7(6)12/h1-3,12H,4H2,(H,11,13). The maximum atomic E-state index is 10.9. The molecule has 0 heterocycles. The van der Waals surface area contributed by atoms with E-state index in [0.717, 1.165) is 0 Å². The van der Waals surface area contributed by atoms with Gasteiger partial charge in [0.15, 0.2) is 0 Å². The quantitative estimate of drug-likeness (QED) is 0.636. The van der Waals surface area contributed by atoms with E-state index in [9.17, 15) is 9.90 Å². The summed E-state index contributed by atoms with van der Waals surface area (Å²) < 4.78 is 0. The minimum Gasteiger partial charge on any atom is -0.506 e. The van der Waals surface area contributed by atoms with Gasteiger partial charge in [-0.15, -0.1) is 0 Å². The van der Waals surface area contributed by atoms with Crippen LogP contribution in [-0.2, 0) is 4.79 Å². The fraction of sp³-hybridized carbons (Fsp3) is 0.125. The molecule has 3 nitrogen and oxygen atoms in total. The van der Waals surface area contributed by atoms with Crippen LogP contribution < -0.4 is 5.32 Å². The van der Waals surface area contributed by atoms with Crippen molar-refractivity contribution in [2.24, 2.45) is 0 Å². The van der Waals surface area contributed by atoms with Gasteiger partial charge in [0.25, 0.3) is 0 Å². The van der Waals surface area contributed by atoms with E-state index in [4.69, 9.17) is 11.6 Å². The summed E-state index contributed by atoms with van der Waals surface area (Å²) in [7, 11) is 0. The molecule has 13 heavy (non-hydrogen) atoms. The zero-order valence-electron chi connectivity index (χ0n) is 6.55. The molecule has 1 rings (SSSR count). The molecule has 1 amide bonds. The second kappa shape index (κ2) is 4.48. The average molecular weight is 265 g/mol. The van der Waals surface area contributed by atoms with Crippen LogP contribution in [0.1, 0.15) is 0 Å². The number of phenolic OH excluding ortho intramolecular Hbond substituents is 1. The second-order valence-electron chi connectivity index (χ2n) is 2.34. The van der Waals surface area contributed by atoms with E-state index < -0.39 is 0 Å². The highest BCUT2D eigenvalue weighted by Crippen LogP contribution is 2.26. The largest absolute Gasteiger partial charge is 0.506 e. The molecule has 0 radical (unpaired) electrons. The summed E-state index contributed by atoms with van der Waals surface area (Å²) in [5.41, 5.74) is 0.317. The Morgan fingerprint density at radius 1 is 1.62 bits per heavy atom. The van der Waals surface area contributed by atoms with E-state index in [1.165, 1.54) is 12.1 Å². The Hall–Kier alpha value is -0.740. The van der Waals surface area contributed by atoms with Gasteiger partial charge in [-0.2, -0.15) is 0 Å². The highest BCUT2D eigenvalue weighted by Gasteiger charge is 2.04. The van der Waals surface area contributed by atoms with Crippen LogP contribution in [0.2, 0.25) is 5.02 Å². The summed E-state index contributed by atoms with van der Waals surface area (Å²) >= 11 is 8.66. The Labute approximate surface area is 88.8 Å². The van der Waals surface area contributed by atoms with E-state index >= 15 is 0 Å². The van der Waals surface area contributed by atoms with E-state index in [0.29, 0.717) is 10.7 Å². The second-order valence-corrected chi connectivity index (χ2v) is 3.34. The number of nitrogens with one attached hydrogen (secondary N) is 1. The number of rotatable bonds is 2. The number of carbonyl (C=O) groups excluding carboxylic acids is 1. The number of halogens is 2. The summed E-state index contributed by atoms with van der Waals surface area (Å²) in [6.07, 6.45) is 0. The molecule has 0 aromatic heterocycles. The van der Waals surface area contributed by atoms with Crippen LogP contribution in [-0.4, -0.2) is 16.3 Å². The van der Waals surface area contributed by atoms with Gasteiger partial charge in [-0.25, -0.2) is 0 Å². The molecule has 0 aliphatic rings. The Balaban J connectivity index is 2.87. The molecule has 0 aliphatic carbocycles. The van der Waals surface area contributed by atoms with Gasteiger partial charge in [0.2, 0.25) is 5.91 Å². The Kier molecular flexibility index (Phi) is 3.57. The molecule has 2 N–H and O–H groups in total. The van der Waals surface area contributed by atoms with Crippen molar-refractivity contribution >= 4 is 39.1 Å². The van der Waals surface area contributed by atoms with E-state index in [-0.39, 0.29) is 17.0 Å². The maximum absolute atomic E-state index is 10.9. The average Bonchev–Trinajstić information content (AvgIpc) is 2.11. The van der Waals surface area contributed by atoms with E-state index in [1.54, 1.807) is 6.07 Å². The number of carbonyl (C=O) groups is 1. The molecule has 0 saturated carbocycles. The number of phenols is 1. The third-order valence-corrected chi connectivity index (χ3v) is 2.10. The van der Waals surface area contributed by atoms with Crippen molar-refractivity contribution in [2.75, 3.05) is 10.6 Å². The zero-order valence-corrected chi connectivity index (χ0v) is 8.89. The van der Waals surface area contributed by atoms with Crippen molar-refractivity contribution in [1.82, 2.24) is 0 Å². The first-order valence-electron chi connectivity index (χ1n) is 3.48. The predicted molar refractivity (Wildman–Crippen MR) is 55.5 cm³/mol. The SMILES string of the molecule is O=C(CBr)Nc1cc(Cl)ccc1O. The van der Waals surface area contributed by atoms with Crippen molar-refractivity contribution < 1.29 is 9.90 Å². The summed E-state index contributed by atoms with van der Waals surface area (Å²) in [6.45, 7) is 0. The van der Waals surface area contributed by atoms with Gasteiger partial charge in [0, 0.05) is 5.02 Å². The number of alkyl halides is 1. The molecule has 70 valence electrons. The normalized spacial score (nSPS) is 9.69. The van der Waals surface area contributed by atoms with Crippen LogP contribution in [0, 0.1) is 0 Å². The van der Waals surface area contributed by atoms with Gasteiger partial charge in [-0.05, 0) is 18.2 Å². The Morgan fingerprint density at radius 2 is 2.31 bits per heavy atom. The smallest absolute Gasteiger partial charge is 0.235 e. The molecule has 0 saturated heterocycles. The van der Waals surface area contributed by atoms with Gasteiger partial charge in [-0.3, -0.25) is 4.79 Å². The maximum Gasteiger partial charge on any atom is 0.235 e. The number of aromatic hydroxyl groups is 1. The third-order valence-electron chi connectivity index (χ3n) is 1.35. The number of hydrogen-bond donors (Lipinski definition) is 2. The van der Waals surface area contributed by atoms with Crippen molar-refractivity contribution in [1.29, 1.82) is 0 Å². The van der Waals surface area contributed by atoms with E-state index in [2.05, 4.69) is 21.2 Å². The lowest BCUT2D eigenvalue weighted by Crippen LogP contribution is -2.12. The van der Waals surface area contributed by atoms with Crippen LogP contribution in [0.25, 0.3) is 0 Å². The van der Waals surface area contributed by atoms with Crippen LogP contribution in [0.15, 0.2) is 18.2 Å². The number of benzene rings is 1. The topological polar surface area (TPSA) is 49.3 Å². The van der Waals surface area contributed by atoms with Crippen LogP contribution >= 0.6 is 27.5 Å². The van der Waals surface area contributed by atoms with E-state index in [1.807, 2.05) is 0 Å².